The Morgan fingerprint density at radius 1 is 0.764 bits per heavy atom. The molecule has 1 aliphatic heterocycles. The quantitative estimate of drug-likeness (QED) is 0.0674. The molecule has 1 saturated heterocycles. The SMILES string of the molecule is C[C@H]1[C@@H](CN(C)[C@@H](C)[C@H](O)c2ccccc2)O[C@@H](c2cccc(-c3cccc(CNC(=O)c4c(F)c(F)c(F)c(F)c4F)c3)c2)O[C@H]1c1ccc(CO)cc1. The fraction of sp³-hybridized carbons (Fsp3) is 0.279. The summed E-state index contributed by atoms with van der Waals surface area (Å²) in [7, 11) is 1.95. The lowest BCUT2D eigenvalue weighted by Gasteiger charge is -2.43. The summed E-state index contributed by atoms with van der Waals surface area (Å²) in [5, 5.41) is 23.0. The maximum absolute atomic E-state index is 14.2. The van der Waals surface area contributed by atoms with Crippen molar-refractivity contribution in [2.45, 2.75) is 57.6 Å². The highest BCUT2D eigenvalue weighted by molar-refractivity contribution is 5.94. The number of aliphatic hydroxyl groups is 2. The van der Waals surface area contributed by atoms with Gasteiger partial charge in [0, 0.05) is 30.6 Å². The number of aliphatic hydroxyl groups excluding tert-OH is 2. The number of halogens is 5. The average Bonchev–Trinajstić information content (AvgIpc) is 3.22. The van der Waals surface area contributed by atoms with Crippen LogP contribution in [0.1, 0.15) is 70.5 Å². The van der Waals surface area contributed by atoms with Crippen LogP contribution < -0.4 is 5.32 Å². The van der Waals surface area contributed by atoms with Gasteiger partial charge in [-0.2, -0.15) is 0 Å². The number of nitrogens with zero attached hydrogens (tertiary/aromatic N) is 1. The van der Waals surface area contributed by atoms with Crippen LogP contribution in [-0.2, 0) is 22.6 Å². The van der Waals surface area contributed by atoms with Gasteiger partial charge in [0.1, 0.15) is 5.56 Å². The third kappa shape index (κ3) is 8.64. The van der Waals surface area contributed by atoms with Crippen LogP contribution in [0.2, 0.25) is 0 Å². The Morgan fingerprint density at radius 2 is 1.38 bits per heavy atom. The summed E-state index contributed by atoms with van der Waals surface area (Å²) in [5.74, 6) is -12.7. The smallest absolute Gasteiger partial charge is 0.257 e. The Morgan fingerprint density at radius 3 is 2.04 bits per heavy atom. The van der Waals surface area contributed by atoms with E-state index in [-0.39, 0.29) is 37.3 Å². The summed E-state index contributed by atoms with van der Waals surface area (Å²) in [6.45, 7) is 4.15. The van der Waals surface area contributed by atoms with Gasteiger partial charge in [0.15, 0.2) is 29.6 Å². The molecule has 0 spiro atoms. The summed E-state index contributed by atoms with van der Waals surface area (Å²) >= 11 is 0. The van der Waals surface area contributed by atoms with Crippen molar-refractivity contribution in [3.05, 3.63) is 166 Å². The molecule has 288 valence electrons. The number of amides is 1. The summed E-state index contributed by atoms with van der Waals surface area (Å²) in [6, 6.07) is 31.2. The fourth-order valence-electron chi connectivity index (χ4n) is 6.75. The van der Waals surface area contributed by atoms with E-state index in [1.54, 1.807) is 18.2 Å². The Bertz CT molecular complexity index is 2090. The molecule has 12 heteroatoms. The molecule has 7 nitrogen and oxygen atoms in total. The zero-order valence-electron chi connectivity index (χ0n) is 30.4. The normalized spacial score (nSPS) is 19.6. The maximum atomic E-state index is 14.2. The van der Waals surface area contributed by atoms with E-state index in [2.05, 4.69) is 17.1 Å². The predicted octanol–water partition coefficient (Wildman–Crippen LogP) is 8.32. The van der Waals surface area contributed by atoms with Crippen molar-refractivity contribution in [3.8, 4) is 11.1 Å². The number of hydrogen-bond donors (Lipinski definition) is 3. The molecular weight excluding hydrogens is 719 g/mol. The number of carbonyl (C=O) groups is 1. The summed E-state index contributed by atoms with van der Waals surface area (Å²) in [6.07, 6.45) is -2.23. The molecule has 1 heterocycles. The van der Waals surface area contributed by atoms with Gasteiger partial charge in [-0.1, -0.05) is 97.9 Å². The van der Waals surface area contributed by atoms with Crippen LogP contribution >= 0.6 is 0 Å². The number of nitrogens with one attached hydrogen (secondary N) is 1. The zero-order chi connectivity index (χ0) is 39.4. The topological polar surface area (TPSA) is 91.3 Å². The van der Waals surface area contributed by atoms with Gasteiger partial charge in [0.2, 0.25) is 5.82 Å². The van der Waals surface area contributed by atoms with E-state index in [1.165, 1.54) is 0 Å². The summed E-state index contributed by atoms with van der Waals surface area (Å²) in [4.78, 5) is 14.6. The molecule has 1 fully saturated rings. The molecule has 6 atom stereocenters. The van der Waals surface area contributed by atoms with Crippen LogP contribution in [0.15, 0.2) is 103 Å². The van der Waals surface area contributed by atoms with Gasteiger partial charge in [0.05, 0.1) is 24.9 Å². The van der Waals surface area contributed by atoms with Gasteiger partial charge >= 0.3 is 0 Å². The lowest BCUT2D eigenvalue weighted by Crippen LogP contribution is -2.46. The minimum Gasteiger partial charge on any atom is -0.392 e. The monoisotopic (exact) mass is 760 g/mol. The van der Waals surface area contributed by atoms with Gasteiger partial charge in [-0.15, -0.1) is 0 Å². The standard InChI is InChI=1S/C43H41F5N2O5/c1-24-33(22-50(3)25(2)40(52)28-10-5-4-6-11-28)54-43(55-41(24)29-17-15-26(23-51)16-18-29)32-14-8-13-31(20-32)30-12-7-9-27(19-30)21-49-42(53)34-35(44)37(46)39(48)38(47)36(34)45/h4-20,24-25,33,40-41,43,51-52H,21-23H2,1-3H3,(H,49,53)/t24-,25-,33+,40-,41+,43+/m0/s1. The molecule has 0 radical (unpaired) electrons. The first kappa shape index (κ1) is 39.7. The molecule has 0 unspecified atom stereocenters. The second-order valence-corrected chi connectivity index (χ2v) is 13.8. The minimum absolute atomic E-state index is 0.0895. The number of carbonyl (C=O) groups excluding carboxylic acids is 1. The summed E-state index contributed by atoms with van der Waals surface area (Å²) < 4.78 is 82.7. The predicted molar refractivity (Wildman–Crippen MR) is 196 cm³/mol. The maximum Gasteiger partial charge on any atom is 0.257 e. The highest BCUT2D eigenvalue weighted by atomic mass is 19.2. The van der Waals surface area contributed by atoms with Crippen molar-refractivity contribution in [3.63, 3.8) is 0 Å². The summed E-state index contributed by atoms with van der Waals surface area (Å²) in [5.41, 5.74) is 3.63. The third-order valence-corrected chi connectivity index (χ3v) is 10.2. The van der Waals surface area contributed by atoms with Crippen molar-refractivity contribution in [1.82, 2.24) is 10.2 Å². The first-order chi connectivity index (χ1) is 26.4. The first-order valence-corrected chi connectivity index (χ1v) is 17.8. The molecule has 5 aromatic rings. The molecule has 6 rings (SSSR count). The molecule has 0 aromatic heterocycles. The number of ether oxygens (including phenoxy) is 2. The first-order valence-electron chi connectivity index (χ1n) is 17.8. The van der Waals surface area contributed by atoms with E-state index >= 15 is 0 Å². The largest absolute Gasteiger partial charge is 0.392 e. The Kier molecular flexibility index (Phi) is 12.4. The van der Waals surface area contributed by atoms with E-state index in [9.17, 15) is 37.0 Å². The van der Waals surface area contributed by atoms with Gasteiger partial charge in [0.25, 0.3) is 5.91 Å². The Labute approximate surface area is 316 Å². The Balaban J connectivity index is 1.23. The Hall–Kier alpha value is -4.98. The lowest BCUT2D eigenvalue weighted by molar-refractivity contribution is -0.276. The van der Waals surface area contributed by atoms with Gasteiger partial charge < -0.3 is 25.0 Å². The molecule has 1 aliphatic rings. The molecule has 0 bridgehead atoms. The zero-order valence-corrected chi connectivity index (χ0v) is 30.4. The van der Waals surface area contributed by atoms with Gasteiger partial charge in [-0.05, 0) is 59.5 Å². The third-order valence-electron chi connectivity index (χ3n) is 10.2. The molecule has 3 N–H and O–H groups in total. The lowest BCUT2D eigenvalue weighted by atomic mass is 9.89. The number of hydrogen-bond acceptors (Lipinski definition) is 6. The van der Waals surface area contributed by atoms with Crippen LogP contribution in [0, 0.1) is 35.0 Å². The van der Waals surface area contributed by atoms with Gasteiger partial charge in [-0.3, -0.25) is 9.69 Å². The molecule has 5 aromatic carbocycles. The molecule has 0 aliphatic carbocycles. The van der Waals surface area contributed by atoms with E-state index in [4.69, 9.17) is 9.47 Å². The number of benzene rings is 5. The van der Waals surface area contributed by atoms with Gasteiger partial charge in [-0.25, -0.2) is 22.0 Å². The highest BCUT2D eigenvalue weighted by Crippen LogP contribution is 2.43. The number of likely N-dealkylation sites (N-methyl/N-ethyl adjacent to an activating group) is 1. The fourth-order valence-corrected chi connectivity index (χ4v) is 6.75. The van der Waals surface area contributed by atoms with Crippen LogP contribution in [-0.4, -0.2) is 46.8 Å². The van der Waals surface area contributed by atoms with Crippen LogP contribution in [0.25, 0.3) is 11.1 Å². The second kappa shape index (κ2) is 17.2. The molecule has 55 heavy (non-hydrogen) atoms. The van der Waals surface area contributed by atoms with Crippen LogP contribution in [0.3, 0.4) is 0 Å². The van der Waals surface area contributed by atoms with Crippen molar-refractivity contribution >= 4 is 5.91 Å². The average molecular weight is 761 g/mol. The van der Waals surface area contributed by atoms with Crippen molar-refractivity contribution in [2.24, 2.45) is 5.92 Å². The van der Waals surface area contributed by atoms with Crippen LogP contribution in [0.4, 0.5) is 22.0 Å². The highest BCUT2D eigenvalue weighted by Gasteiger charge is 2.40. The van der Waals surface area contributed by atoms with Crippen molar-refractivity contribution in [1.29, 1.82) is 0 Å². The van der Waals surface area contributed by atoms with Crippen molar-refractivity contribution in [2.75, 3.05) is 13.6 Å². The molecule has 1 amide bonds. The second-order valence-electron chi connectivity index (χ2n) is 13.8. The van der Waals surface area contributed by atoms with E-state index in [0.29, 0.717) is 17.7 Å². The molecule has 0 saturated carbocycles. The van der Waals surface area contributed by atoms with E-state index in [0.717, 1.165) is 27.8 Å². The van der Waals surface area contributed by atoms with E-state index in [1.807, 2.05) is 98.9 Å². The van der Waals surface area contributed by atoms with Crippen molar-refractivity contribution < 1.29 is 46.4 Å². The minimum atomic E-state index is -2.34. The van der Waals surface area contributed by atoms with Crippen LogP contribution in [0.5, 0.6) is 0 Å². The van der Waals surface area contributed by atoms with E-state index < -0.39 is 53.0 Å². The molecular formula is C43H41F5N2O5. The number of rotatable bonds is 12.